The van der Waals surface area contributed by atoms with E-state index >= 15 is 0 Å². The second-order valence-electron chi connectivity index (χ2n) is 2.53. The molecule has 13 heavy (non-hydrogen) atoms. The maximum Gasteiger partial charge on any atom is 0.229 e. The van der Waals surface area contributed by atoms with Gasteiger partial charge in [0.1, 0.15) is 0 Å². The Kier molecular flexibility index (Phi) is 6.53. The molecule has 0 amide bonds. The third-order valence-corrected chi connectivity index (χ3v) is 1.62. The van der Waals surface area contributed by atoms with Crippen LogP contribution in [0.15, 0.2) is 25.1 Å². The summed E-state index contributed by atoms with van der Waals surface area (Å²) in [5.41, 5.74) is 0. The molecule has 0 aromatic carbocycles. The van der Waals surface area contributed by atoms with Crippen molar-refractivity contribution in [2.45, 2.75) is 6.92 Å². The minimum atomic E-state index is 0.951. The van der Waals surface area contributed by atoms with Gasteiger partial charge in [-0.15, -0.1) is 6.58 Å². The Balaban J connectivity index is 0.000000424. The molecule has 4 heteroatoms. The van der Waals surface area contributed by atoms with Crippen molar-refractivity contribution in [3.63, 3.8) is 0 Å². The first-order valence-corrected chi connectivity index (χ1v) is 4.15. The highest BCUT2D eigenvalue weighted by Gasteiger charge is 2.06. The average Bonchev–Trinajstić information content (AvgIpc) is 2.54. The molecule has 2 radical (unpaired) electrons. The Morgan fingerprint density at radius 1 is 1.62 bits per heavy atom. The molecule has 0 spiro atoms. The van der Waals surface area contributed by atoms with Gasteiger partial charge in [0.15, 0.2) is 0 Å². The van der Waals surface area contributed by atoms with Crippen LogP contribution in [-0.4, -0.2) is 37.4 Å². The lowest BCUT2D eigenvalue weighted by Gasteiger charge is -2.17. The van der Waals surface area contributed by atoms with E-state index in [1.807, 2.05) is 6.08 Å². The van der Waals surface area contributed by atoms with Crippen molar-refractivity contribution in [2.24, 2.45) is 0 Å². The normalized spacial score (nSPS) is 13.2. The van der Waals surface area contributed by atoms with E-state index in [1.54, 1.807) is 0 Å². The molecule has 0 N–H and O–H groups in total. The standard InChI is InChI=1S/C8H14N2.CBN/c1-3-5-10-7-6-9(4-2)8-10;2-1-3/h3,6-7H,1,4-5,8H2,2H3;. The lowest BCUT2D eigenvalue weighted by molar-refractivity contribution is 0.291. The van der Waals surface area contributed by atoms with Crippen molar-refractivity contribution in [1.82, 2.24) is 9.80 Å². The van der Waals surface area contributed by atoms with Crippen LogP contribution >= 0.6 is 0 Å². The fraction of sp³-hybridized carbons (Fsp3) is 0.444. The van der Waals surface area contributed by atoms with Crippen LogP contribution in [0.5, 0.6) is 0 Å². The quantitative estimate of drug-likeness (QED) is 0.471. The molecule has 0 saturated heterocycles. The van der Waals surface area contributed by atoms with Crippen molar-refractivity contribution < 1.29 is 0 Å². The topological polar surface area (TPSA) is 30.3 Å². The third-order valence-electron chi connectivity index (χ3n) is 1.62. The van der Waals surface area contributed by atoms with E-state index in [0.717, 1.165) is 19.8 Å². The molecule has 3 nitrogen and oxygen atoms in total. The van der Waals surface area contributed by atoms with E-state index in [4.69, 9.17) is 5.26 Å². The second-order valence-corrected chi connectivity index (χ2v) is 2.53. The van der Waals surface area contributed by atoms with E-state index in [0.29, 0.717) is 0 Å². The van der Waals surface area contributed by atoms with Gasteiger partial charge in [0.05, 0.1) is 6.67 Å². The van der Waals surface area contributed by atoms with E-state index in [-0.39, 0.29) is 0 Å². The summed E-state index contributed by atoms with van der Waals surface area (Å²) in [6.45, 7) is 8.89. The molecule has 0 bridgehead atoms. The van der Waals surface area contributed by atoms with Crippen LogP contribution in [0.25, 0.3) is 0 Å². The van der Waals surface area contributed by atoms with Gasteiger partial charge in [-0.2, -0.15) is 0 Å². The summed E-state index contributed by atoms with van der Waals surface area (Å²) >= 11 is 0. The van der Waals surface area contributed by atoms with Gasteiger partial charge in [-0.1, -0.05) is 6.08 Å². The second kappa shape index (κ2) is 7.29. The van der Waals surface area contributed by atoms with Gasteiger partial charge in [0, 0.05) is 25.5 Å². The number of hydrogen-bond donors (Lipinski definition) is 0. The first-order valence-electron chi connectivity index (χ1n) is 4.15. The minimum absolute atomic E-state index is 0.951. The predicted octanol–water partition coefficient (Wildman–Crippen LogP) is 0.875. The van der Waals surface area contributed by atoms with E-state index in [1.165, 1.54) is 5.97 Å². The molecule has 68 valence electrons. The van der Waals surface area contributed by atoms with Crippen molar-refractivity contribution in [3.05, 3.63) is 25.1 Å². The smallest absolute Gasteiger partial charge is 0.229 e. The Morgan fingerprint density at radius 3 is 2.54 bits per heavy atom. The molecule has 0 atom stereocenters. The first kappa shape index (κ1) is 11.6. The molecular formula is C9H14BN3. The average molecular weight is 175 g/mol. The molecule has 0 saturated carbocycles. The summed E-state index contributed by atoms with van der Waals surface area (Å²) in [4.78, 5) is 4.47. The largest absolute Gasteiger partial charge is 0.359 e. The first-order chi connectivity index (χ1) is 6.28. The monoisotopic (exact) mass is 175 g/mol. The molecule has 1 heterocycles. The molecule has 0 unspecified atom stereocenters. The fourth-order valence-electron chi connectivity index (χ4n) is 1.01. The van der Waals surface area contributed by atoms with Gasteiger partial charge in [0.2, 0.25) is 7.85 Å². The summed E-state index contributed by atoms with van der Waals surface area (Å²) in [5, 5.41) is 7.10. The molecule has 1 rings (SSSR count). The number of nitrogens with zero attached hydrogens (tertiary/aromatic N) is 3. The molecule has 0 aliphatic carbocycles. The van der Waals surface area contributed by atoms with Crippen LogP contribution < -0.4 is 0 Å². The van der Waals surface area contributed by atoms with Gasteiger partial charge in [-0.25, -0.2) is 5.26 Å². The van der Waals surface area contributed by atoms with Crippen LogP contribution in [0.1, 0.15) is 6.92 Å². The van der Waals surface area contributed by atoms with E-state index < -0.39 is 0 Å². The Bertz CT molecular complexity index is 207. The number of hydrogen-bond acceptors (Lipinski definition) is 3. The Hall–Kier alpha value is -1.37. The van der Waals surface area contributed by atoms with Crippen molar-refractivity contribution in [2.75, 3.05) is 19.8 Å². The van der Waals surface area contributed by atoms with Crippen LogP contribution in [0.2, 0.25) is 0 Å². The zero-order valence-corrected chi connectivity index (χ0v) is 7.98. The zero-order chi connectivity index (χ0) is 10.1. The lowest BCUT2D eigenvalue weighted by atomic mass is 10.2. The molecule has 0 fully saturated rings. The van der Waals surface area contributed by atoms with Crippen LogP contribution in [0.3, 0.4) is 0 Å². The maximum absolute atomic E-state index is 7.10. The summed E-state index contributed by atoms with van der Waals surface area (Å²) in [6, 6.07) is 0. The predicted molar refractivity (Wildman–Crippen MR) is 54.7 cm³/mol. The van der Waals surface area contributed by atoms with Crippen LogP contribution in [0.4, 0.5) is 0 Å². The van der Waals surface area contributed by atoms with Crippen molar-refractivity contribution in [3.8, 4) is 5.97 Å². The highest BCUT2D eigenvalue weighted by Crippen LogP contribution is 2.04. The highest BCUT2D eigenvalue weighted by atomic mass is 15.3. The van der Waals surface area contributed by atoms with Gasteiger partial charge in [-0.3, -0.25) is 0 Å². The van der Waals surface area contributed by atoms with E-state index in [2.05, 4.69) is 43.5 Å². The Morgan fingerprint density at radius 2 is 2.15 bits per heavy atom. The minimum Gasteiger partial charge on any atom is -0.359 e. The Labute approximate surface area is 81.3 Å². The van der Waals surface area contributed by atoms with Crippen molar-refractivity contribution >= 4 is 7.85 Å². The summed E-state index contributed by atoms with van der Waals surface area (Å²) < 4.78 is 0. The molecule has 0 aromatic rings. The summed E-state index contributed by atoms with van der Waals surface area (Å²) in [6.07, 6.45) is 6.14. The summed E-state index contributed by atoms with van der Waals surface area (Å²) in [7, 11) is 4.15. The number of rotatable bonds is 3. The van der Waals surface area contributed by atoms with Crippen molar-refractivity contribution in [1.29, 1.82) is 5.26 Å². The fourth-order valence-corrected chi connectivity index (χ4v) is 1.01. The zero-order valence-electron chi connectivity index (χ0n) is 7.98. The molecule has 1 aliphatic heterocycles. The van der Waals surface area contributed by atoms with Crippen LogP contribution in [-0.2, 0) is 0 Å². The number of nitriles is 1. The van der Waals surface area contributed by atoms with Gasteiger partial charge >= 0.3 is 0 Å². The SMILES string of the molecule is C=CCN1C=CN(CC)C1.[B]C#N. The van der Waals surface area contributed by atoms with Gasteiger partial charge in [0.25, 0.3) is 0 Å². The molecular weight excluding hydrogens is 161 g/mol. The highest BCUT2D eigenvalue weighted by molar-refractivity contribution is 6.20. The lowest BCUT2D eigenvalue weighted by Crippen LogP contribution is -2.24. The third kappa shape index (κ3) is 4.97. The van der Waals surface area contributed by atoms with E-state index in [9.17, 15) is 0 Å². The molecule has 0 aromatic heterocycles. The van der Waals surface area contributed by atoms with Crippen LogP contribution in [0, 0.1) is 11.2 Å². The summed E-state index contributed by atoms with van der Waals surface area (Å²) in [5.74, 6) is 1.25. The van der Waals surface area contributed by atoms with Gasteiger partial charge in [-0.05, 0) is 12.9 Å². The van der Waals surface area contributed by atoms with Gasteiger partial charge < -0.3 is 9.80 Å². The molecule has 1 aliphatic rings. The maximum atomic E-state index is 7.10.